The van der Waals surface area contributed by atoms with Crippen molar-refractivity contribution in [1.29, 1.82) is 0 Å². The van der Waals surface area contributed by atoms with Crippen LogP contribution < -0.4 is 0 Å². The van der Waals surface area contributed by atoms with Crippen molar-refractivity contribution in [1.82, 2.24) is 4.98 Å². The number of hydrogen-bond acceptors (Lipinski definition) is 3. The number of carbonyl (C=O) groups excluding carboxylic acids is 1. The molecule has 27 heavy (non-hydrogen) atoms. The third-order valence-electron chi connectivity index (χ3n) is 4.93. The van der Waals surface area contributed by atoms with Gasteiger partial charge in [0.05, 0.1) is 7.11 Å². The summed E-state index contributed by atoms with van der Waals surface area (Å²) in [4.78, 5) is 16.0. The number of allylic oxidation sites excluding steroid dienone is 1. The van der Waals surface area contributed by atoms with Crippen molar-refractivity contribution in [3.63, 3.8) is 0 Å². The minimum atomic E-state index is -4.56. The third kappa shape index (κ3) is 3.34. The lowest BCUT2D eigenvalue weighted by Crippen LogP contribution is -2.34. The molecule has 3 rings (SSSR count). The summed E-state index contributed by atoms with van der Waals surface area (Å²) < 4.78 is 57.9. The molecule has 0 radical (unpaired) electrons. The predicted molar refractivity (Wildman–Crippen MR) is 91.3 cm³/mol. The van der Waals surface area contributed by atoms with Crippen LogP contribution in [0.5, 0.6) is 0 Å². The summed E-state index contributed by atoms with van der Waals surface area (Å²) in [5.41, 5.74) is -0.578. The maximum absolute atomic E-state index is 14.1. The number of benzene rings is 1. The van der Waals surface area contributed by atoms with E-state index in [1.165, 1.54) is 25.3 Å². The Bertz CT molecular complexity index is 920. The van der Waals surface area contributed by atoms with E-state index in [1.54, 1.807) is 19.1 Å². The maximum atomic E-state index is 14.1. The van der Waals surface area contributed by atoms with Crippen molar-refractivity contribution in [2.24, 2.45) is 0 Å². The Kier molecular flexibility index (Phi) is 4.80. The molecule has 1 aliphatic carbocycles. The number of ether oxygens (including phenoxy) is 1. The summed E-state index contributed by atoms with van der Waals surface area (Å²) in [5, 5.41) is 0. The van der Waals surface area contributed by atoms with Gasteiger partial charge in [0.2, 0.25) is 0 Å². The van der Waals surface area contributed by atoms with Gasteiger partial charge in [0.1, 0.15) is 16.9 Å². The number of aromatic nitrogens is 1. The van der Waals surface area contributed by atoms with Gasteiger partial charge in [-0.3, -0.25) is 9.78 Å². The summed E-state index contributed by atoms with van der Waals surface area (Å²) in [6.07, 6.45) is -1.25. The lowest BCUT2D eigenvalue weighted by atomic mass is 9.77. The van der Waals surface area contributed by atoms with Crippen molar-refractivity contribution < 1.29 is 27.1 Å². The molecule has 0 saturated carbocycles. The third-order valence-corrected chi connectivity index (χ3v) is 4.93. The second kappa shape index (κ2) is 6.79. The Balaban J connectivity index is 2.13. The molecule has 0 unspecified atom stereocenters. The van der Waals surface area contributed by atoms with Crippen LogP contribution in [0.1, 0.15) is 35.2 Å². The van der Waals surface area contributed by atoms with E-state index in [9.17, 15) is 22.4 Å². The molecule has 0 saturated heterocycles. The first-order valence-corrected chi connectivity index (χ1v) is 8.28. The van der Waals surface area contributed by atoms with Gasteiger partial charge in [0.15, 0.2) is 0 Å². The van der Waals surface area contributed by atoms with Gasteiger partial charge in [-0.2, -0.15) is 13.2 Å². The summed E-state index contributed by atoms with van der Waals surface area (Å²) >= 11 is 0. The van der Waals surface area contributed by atoms with Crippen LogP contribution >= 0.6 is 0 Å². The van der Waals surface area contributed by atoms with Crippen LogP contribution in [0.15, 0.2) is 42.6 Å². The zero-order valence-electron chi connectivity index (χ0n) is 14.7. The van der Waals surface area contributed by atoms with Crippen LogP contribution in [0.3, 0.4) is 0 Å². The van der Waals surface area contributed by atoms with Gasteiger partial charge in [-0.25, -0.2) is 4.39 Å². The standard InChI is InChI=1S/C20H17F4NO2/c1-12-15(4-3-5-16(12)21)19(18(26)27-2)8-6-14(11-19)13-7-9-25-17(10-13)20(22,23)24/h3-5,7,9-11H,6,8H2,1-2H3/t19-/m0/s1. The maximum Gasteiger partial charge on any atom is 0.433 e. The average molecular weight is 379 g/mol. The number of methoxy groups -OCH3 is 1. The highest BCUT2D eigenvalue weighted by molar-refractivity contribution is 5.91. The number of nitrogens with zero attached hydrogens (tertiary/aromatic N) is 1. The number of esters is 1. The highest BCUT2D eigenvalue weighted by Gasteiger charge is 2.44. The lowest BCUT2D eigenvalue weighted by molar-refractivity contribution is -0.145. The van der Waals surface area contributed by atoms with Gasteiger partial charge in [-0.1, -0.05) is 18.2 Å². The number of hydrogen-bond donors (Lipinski definition) is 0. The monoisotopic (exact) mass is 379 g/mol. The second-order valence-electron chi connectivity index (χ2n) is 6.47. The van der Waals surface area contributed by atoms with Gasteiger partial charge >= 0.3 is 12.1 Å². The van der Waals surface area contributed by atoms with Crippen LogP contribution in [0.4, 0.5) is 17.6 Å². The Morgan fingerprint density at radius 2 is 2.00 bits per heavy atom. The number of rotatable bonds is 3. The van der Waals surface area contributed by atoms with Gasteiger partial charge in [-0.05, 0) is 60.2 Å². The molecule has 0 N–H and O–H groups in total. The van der Waals surface area contributed by atoms with E-state index in [4.69, 9.17) is 4.74 Å². The number of alkyl halides is 3. The fraction of sp³-hybridized carbons (Fsp3) is 0.300. The zero-order chi connectivity index (χ0) is 19.8. The average Bonchev–Trinajstić information content (AvgIpc) is 3.09. The minimum absolute atomic E-state index is 0.281. The van der Waals surface area contributed by atoms with Crippen LogP contribution in [0.2, 0.25) is 0 Å². The van der Waals surface area contributed by atoms with Gasteiger partial charge < -0.3 is 4.74 Å². The van der Waals surface area contributed by atoms with Crippen LogP contribution in [0.25, 0.3) is 5.57 Å². The second-order valence-corrected chi connectivity index (χ2v) is 6.47. The number of halogens is 4. The molecule has 1 heterocycles. The molecular formula is C20H17F4NO2. The van der Waals surface area contributed by atoms with Gasteiger partial charge in [0, 0.05) is 6.20 Å². The SMILES string of the molecule is COC(=O)[C@]1(c2cccc(F)c2C)C=C(c2ccnc(C(F)(F)F)c2)CC1. The van der Waals surface area contributed by atoms with Crippen molar-refractivity contribution in [3.05, 3.63) is 70.8 Å². The minimum Gasteiger partial charge on any atom is -0.468 e. The molecule has 0 aliphatic heterocycles. The van der Waals surface area contributed by atoms with E-state index in [0.29, 0.717) is 28.7 Å². The van der Waals surface area contributed by atoms with Crippen LogP contribution in [0, 0.1) is 12.7 Å². The molecule has 7 heteroatoms. The van der Waals surface area contributed by atoms with Crippen molar-refractivity contribution in [3.8, 4) is 0 Å². The molecule has 1 aromatic carbocycles. The predicted octanol–water partition coefficient (Wildman–Crippen LogP) is 4.84. The first-order chi connectivity index (χ1) is 12.7. The molecule has 0 fully saturated rings. The Labute approximate surface area is 153 Å². The first kappa shape index (κ1) is 19.1. The highest BCUT2D eigenvalue weighted by atomic mass is 19.4. The van der Waals surface area contributed by atoms with Crippen LogP contribution in [-0.4, -0.2) is 18.1 Å². The van der Waals surface area contributed by atoms with Crippen molar-refractivity contribution in [2.45, 2.75) is 31.4 Å². The molecular weight excluding hydrogens is 362 g/mol. The fourth-order valence-corrected chi connectivity index (χ4v) is 3.54. The Hall–Kier alpha value is -2.70. The normalized spacial score (nSPS) is 19.7. The first-order valence-electron chi connectivity index (χ1n) is 8.28. The quantitative estimate of drug-likeness (QED) is 0.566. The molecule has 0 bridgehead atoms. The molecule has 2 aromatic rings. The topological polar surface area (TPSA) is 39.2 Å². The molecule has 1 atom stereocenters. The van der Waals surface area contributed by atoms with Crippen molar-refractivity contribution >= 4 is 11.5 Å². The van der Waals surface area contributed by atoms with Gasteiger partial charge in [-0.15, -0.1) is 0 Å². The van der Waals surface area contributed by atoms with Gasteiger partial charge in [0.25, 0.3) is 0 Å². The Morgan fingerprint density at radius 3 is 2.67 bits per heavy atom. The largest absolute Gasteiger partial charge is 0.468 e. The fourth-order valence-electron chi connectivity index (χ4n) is 3.54. The van der Waals surface area contributed by atoms with E-state index in [2.05, 4.69) is 4.98 Å². The molecule has 0 spiro atoms. The summed E-state index contributed by atoms with van der Waals surface area (Å²) in [6, 6.07) is 6.86. The van der Waals surface area contributed by atoms with Crippen molar-refractivity contribution in [2.75, 3.05) is 7.11 Å². The van der Waals surface area contributed by atoms with E-state index in [0.717, 1.165) is 12.3 Å². The van der Waals surface area contributed by atoms with E-state index >= 15 is 0 Å². The number of pyridine rings is 1. The highest BCUT2D eigenvalue weighted by Crippen LogP contribution is 2.45. The Morgan fingerprint density at radius 1 is 1.26 bits per heavy atom. The van der Waals surface area contributed by atoms with E-state index in [1.807, 2.05) is 0 Å². The molecule has 0 amide bonds. The molecule has 1 aliphatic rings. The molecule has 142 valence electrons. The summed E-state index contributed by atoms with van der Waals surface area (Å²) in [6.45, 7) is 1.56. The summed E-state index contributed by atoms with van der Waals surface area (Å²) in [7, 11) is 1.23. The lowest BCUT2D eigenvalue weighted by Gasteiger charge is -2.26. The zero-order valence-corrected chi connectivity index (χ0v) is 14.7. The number of carbonyl (C=O) groups is 1. The summed E-state index contributed by atoms with van der Waals surface area (Å²) in [5.74, 6) is -1.03. The van der Waals surface area contributed by atoms with E-state index < -0.39 is 29.1 Å². The smallest absolute Gasteiger partial charge is 0.433 e. The van der Waals surface area contributed by atoms with Crippen LogP contribution in [-0.2, 0) is 21.1 Å². The molecule has 1 aromatic heterocycles. The molecule has 3 nitrogen and oxygen atoms in total. The van der Waals surface area contributed by atoms with E-state index in [-0.39, 0.29) is 6.42 Å².